The second kappa shape index (κ2) is 8.85. The molecule has 0 saturated heterocycles. The number of hydrogen-bond acceptors (Lipinski definition) is 3. The van der Waals surface area contributed by atoms with E-state index in [1.54, 1.807) is 11.3 Å². The number of carbonyl (C=O) groups excluding carboxylic acids is 1. The molecule has 24 heavy (non-hydrogen) atoms. The summed E-state index contributed by atoms with van der Waals surface area (Å²) in [4.78, 5) is 14.5. The van der Waals surface area contributed by atoms with Crippen LogP contribution in [0.3, 0.4) is 0 Å². The highest BCUT2D eigenvalue weighted by Gasteiger charge is 2.16. The summed E-state index contributed by atoms with van der Waals surface area (Å²) in [5.41, 5.74) is 4.53. The fourth-order valence-corrected chi connectivity index (χ4v) is 3.52. The highest BCUT2D eigenvalue weighted by molar-refractivity contribution is 7.07. The zero-order valence-corrected chi connectivity index (χ0v) is 15.7. The third-order valence-electron chi connectivity index (χ3n) is 4.24. The highest BCUT2D eigenvalue weighted by Crippen LogP contribution is 2.23. The molecule has 1 atom stereocenters. The molecular weight excluding hydrogens is 318 g/mol. The number of nitrogens with zero attached hydrogens (tertiary/aromatic N) is 1. The van der Waals surface area contributed by atoms with Gasteiger partial charge in [0.25, 0.3) is 0 Å². The van der Waals surface area contributed by atoms with E-state index in [4.69, 9.17) is 0 Å². The Balaban J connectivity index is 2.03. The maximum atomic E-state index is 12.4. The number of urea groups is 1. The number of likely N-dealkylation sites (N-methyl/N-ethyl adjacent to an activating group) is 1. The number of carbonyl (C=O) groups is 1. The molecule has 5 heteroatoms. The van der Waals surface area contributed by atoms with E-state index in [1.165, 1.54) is 16.7 Å². The molecule has 1 heterocycles. The number of nitrogens with one attached hydrogen (secondary N) is 2. The molecule has 2 N–H and O–H groups in total. The van der Waals surface area contributed by atoms with Crippen molar-refractivity contribution in [3.63, 3.8) is 0 Å². The summed E-state index contributed by atoms with van der Waals surface area (Å²) in [5, 5.41) is 10.3. The van der Waals surface area contributed by atoms with Crippen LogP contribution in [-0.2, 0) is 12.8 Å². The molecular formula is C19H27N3OS. The van der Waals surface area contributed by atoms with E-state index in [9.17, 15) is 4.79 Å². The van der Waals surface area contributed by atoms with E-state index in [-0.39, 0.29) is 12.1 Å². The van der Waals surface area contributed by atoms with Crippen molar-refractivity contribution in [3.05, 3.63) is 51.7 Å². The van der Waals surface area contributed by atoms with Crippen molar-refractivity contribution in [1.82, 2.24) is 10.2 Å². The predicted molar refractivity (Wildman–Crippen MR) is 103 cm³/mol. The number of para-hydroxylation sites is 1. The molecule has 1 aromatic carbocycles. The minimum Gasteiger partial charge on any atom is -0.336 e. The average molecular weight is 346 g/mol. The standard InChI is InChI=1S/C19H27N3OS/c1-5-14-8-7-9-15(6-2)18(14)21-19(23)20-12-17(22(3)4)16-10-11-24-13-16/h7-11,13,17H,5-6,12H2,1-4H3,(H2,20,21,23). The Labute approximate surface area is 148 Å². The number of thiophene rings is 1. The van der Waals surface area contributed by atoms with Crippen molar-refractivity contribution in [3.8, 4) is 0 Å². The lowest BCUT2D eigenvalue weighted by molar-refractivity contribution is 0.243. The quantitative estimate of drug-likeness (QED) is 0.786. The fourth-order valence-electron chi connectivity index (χ4n) is 2.81. The van der Waals surface area contributed by atoms with Crippen LogP contribution in [0.5, 0.6) is 0 Å². The minimum absolute atomic E-state index is 0.146. The first-order valence-electron chi connectivity index (χ1n) is 8.40. The zero-order valence-electron chi connectivity index (χ0n) is 14.9. The number of rotatable bonds is 7. The van der Waals surface area contributed by atoms with E-state index in [2.05, 4.69) is 64.4 Å². The molecule has 1 aromatic heterocycles. The molecule has 2 rings (SSSR count). The Morgan fingerprint density at radius 2 is 1.83 bits per heavy atom. The summed E-state index contributed by atoms with van der Waals surface area (Å²) in [6, 6.07) is 8.34. The van der Waals surface area contributed by atoms with E-state index in [1.807, 2.05) is 14.1 Å². The van der Waals surface area contributed by atoms with Crippen molar-refractivity contribution in [2.24, 2.45) is 0 Å². The smallest absolute Gasteiger partial charge is 0.319 e. The number of anilines is 1. The molecule has 1 unspecified atom stereocenters. The Morgan fingerprint density at radius 1 is 1.17 bits per heavy atom. The average Bonchev–Trinajstić information content (AvgIpc) is 3.09. The van der Waals surface area contributed by atoms with Crippen molar-refractivity contribution < 1.29 is 4.79 Å². The van der Waals surface area contributed by atoms with Crippen LogP contribution in [0.25, 0.3) is 0 Å². The highest BCUT2D eigenvalue weighted by atomic mass is 32.1. The third kappa shape index (κ3) is 4.58. The second-order valence-electron chi connectivity index (χ2n) is 6.03. The van der Waals surface area contributed by atoms with Gasteiger partial charge in [0.1, 0.15) is 0 Å². The van der Waals surface area contributed by atoms with Crippen LogP contribution < -0.4 is 10.6 Å². The maximum absolute atomic E-state index is 12.4. The zero-order chi connectivity index (χ0) is 17.5. The lowest BCUT2D eigenvalue weighted by Gasteiger charge is -2.24. The van der Waals surface area contributed by atoms with Crippen molar-refractivity contribution >= 4 is 23.1 Å². The minimum atomic E-state index is -0.146. The van der Waals surface area contributed by atoms with Crippen LogP contribution in [0.15, 0.2) is 35.0 Å². The van der Waals surface area contributed by atoms with Gasteiger partial charge in [-0.15, -0.1) is 0 Å². The number of benzene rings is 1. The van der Waals surface area contributed by atoms with Gasteiger partial charge in [-0.2, -0.15) is 11.3 Å². The molecule has 130 valence electrons. The molecule has 0 aliphatic heterocycles. The van der Waals surface area contributed by atoms with E-state index in [0.717, 1.165) is 18.5 Å². The number of aryl methyl sites for hydroxylation is 2. The topological polar surface area (TPSA) is 44.4 Å². The SMILES string of the molecule is CCc1cccc(CC)c1NC(=O)NCC(c1ccsc1)N(C)C. The van der Waals surface area contributed by atoms with Gasteiger partial charge in [0.15, 0.2) is 0 Å². The molecule has 0 aliphatic rings. The van der Waals surface area contributed by atoms with Crippen LogP contribution in [0.1, 0.15) is 36.6 Å². The van der Waals surface area contributed by atoms with E-state index < -0.39 is 0 Å². The molecule has 0 saturated carbocycles. The Bertz CT molecular complexity index is 630. The molecule has 0 aliphatic carbocycles. The molecule has 0 spiro atoms. The Morgan fingerprint density at radius 3 is 2.33 bits per heavy atom. The summed E-state index contributed by atoms with van der Waals surface area (Å²) >= 11 is 1.68. The molecule has 0 radical (unpaired) electrons. The van der Waals surface area contributed by atoms with Crippen molar-refractivity contribution in [1.29, 1.82) is 0 Å². The first-order chi connectivity index (χ1) is 11.6. The first-order valence-corrected chi connectivity index (χ1v) is 9.35. The molecule has 0 fully saturated rings. The lowest BCUT2D eigenvalue weighted by Crippen LogP contribution is -2.37. The summed E-state index contributed by atoms with van der Waals surface area (Å²) in [5.74, 6) is 0. The predicted octanol–water partition coefficient (Wildman–Crippen LogP) is 4.30. The van der Waals surface area contributed by atoms with Gasteiger partial charge in [-0.05, 0) is 60.5 Å². The van der Waals surface area contributed by atoms with E-state index in [0.29, 0.717) is 6.54 Å². The van der Waals surface area contributed by atoms with Crippen LogP contribution >= 0.6 is 11.3 Å². The van der Waals surface area contributed by atoms with Crippen molar-refractivity contribution in [2.75, 3.05) is 26.0 Å². The molecule has 4 nitrogen and oxygen atoms in total. The van der Waals surface area contributed by atoms with E-state index >= 15 is 0 Å². The fraction of sp³-hybridized carbons (Fsp3) is 0.421. The van der Waals surface area contributed by atoms with Crippen LogP contribution in [0.2, 0.25) is 0 Å². The summed E-state index contributed by atoms with van der Waals surface area (Å²) in [6.45, 7) is 4.79. The van der Waals surface area contributed by atoms with Crippen molar-refractivity contribution in [2.45, 2.75) is 32.7 Å². The summed E-state index contributed by atoms with van der Waals surface area (Å²) < 4.78 is 0. The first kappa shape index (κ1) is 18.5. The van der Waals surface area contributed by atoms with Gasteiger partial charge in [-0.3, -0.25) is 0 Å². The second-order valence-corrected chi connectivity index (χ2v) is 6.81. The van der Waals surface area contributed by atoms with Gasteiger partial charge in [0.2, 0.25) is 0 Å². The largest absolute Gasteiger partial charge is 0.336 e. The monoisotopic (exact) mass is 345 g/mol. The van der Waals surface area contributed by atoms with Gasteiger partial charge >= 0.3 is 6.03 Å². The lowest BCUT2D eigenvalue weighted by atomic mass is 10.0. The van der Waals surface area contributed by atoms with Gasteiger partial charge in [0.05, 0.1) is 6.04 Å². The summed E-state index contributed by atoms with van der Waals surface area (Å²) in [6.07, 6.45) is 1.80. The molecule has 2 aromatic rings. The van der Waals surface area contributed by atoms with Crippen LogP contribution in [-0.4, -0.2) is 31.6 Å². The number of amides is 2. The molecule has 2 amide bonds. The maximum Gasteiger partial charge on any atom is 0.319 e. The van der Waals surface area contributed by atoms with Gasteiger partial charge in [0, 0.05) is 12.2 Å². The van der Waals surface area contributed by atoms with Gasteiger partial charge < -0.3 is 15.5 Å². The van der Waals surface area contributed by atoms with Gasteiger partial charge in [-0.1, -0.05) is 32.0 Å². The Hall–Kier alpha value is -1.85. The normalized spacial score (nSPS) is 12.2. The summed E-state index contributed by atoms with van der Waals surface area (Å²) in [7, 11) is 4.06. The van der Waals surface area contributed by atoms with Crippen LogP contribution in [0, 0.1) is 0 Å². The number of hydrogen-bond donors (Lipinski definition) is 2. The Kier molecular flexibility index (Phi) is 6.82. The van der Waals surface area contributed by atoms with Gasteiger partial charge in [-0.25, -0.2) is 4.79 Å². The molecule has 0 bridgehead atoms. The third-order valence-corrected chi connectivity index (χ3v) is 4.95. The van der Waals surface area contributed by atoms with Crippen LogP contribution in [0.4, 0.5) is 10.5 Å².